The number of hydrogen-bond acceptors (Lipinski definition) is 4. The third-order valence-corrected chi connectivity index (χ3v) is 5.41. The number of aromatic nitrogens is 2. The molecule has 0 N–H and O–H groups in total. The van der Waals surface area contributed by atoms with Crippen LogP contribution >= 0.6 is 27.7 Å². The molecule has 3 rings (SSSR count). The smallest absolute Gasteiger partial charge is 0.262 e. The maximum absolute atomic E-state index is 12.9. The maximum atomic E-state index is 12.9. The Kier molecular flexibility index (Phi) is 6.29. The number of nitrogens with zero attached hydrogens (tertiary/aromatic N) is 2. The van der Waals surface area contributed by atoms with Crippen molar-refractivity contribution >= 4 is 38.6 Å². The summed E-state index contributed by atoms with van der Waals surface area (Å²) >= 11 is 5.04. The highest BCUT2D eigenvalue weighted by Crippen LogP contribution is 2.23. The SMILES string of the molecule is COCCCn1c(SCc2ccc(Br)cc2)nc2ccccc2c1=O. The third-order valence-electron chi connectivity index (χ3n) is 3.84. The Morgan fingerprint density at radius 1 is 1.16 bits per heavy atom. The van der Waals surface area contributed by atoms with Gasteiger partial charge in [-0.2, -0.15) is 0 Å². The zero-order valence-electron chi connectivity index (χ0n) is 13.9. The third kappa shape index (κ3) is 4.51. The second kappa shape index (κ2) is 8.65. The van der Waals surface area contributed by atoms with Gasteiger partial charge in [0.1, 0.15) is 0 Å². The van der Waals surface area contributed by atoms with Crippen LogP contribution in [0.1, 0.15) is 12.0 Å². The molecule has 1 heterocycles. The molecule has 0 unspecified atom stereocenters. The minimum atomic E-state index is 0.0139. The van der Waals surface area contributed by atoms with Crippen LogP contribution in [-0.4, -0.2) is 23.3 Å². The number of fused-ring (bicyclic) bond motifs is 1. The molecule has 0 saturated carbocycles. The van der Waals surface area contributed by atoms with Crippen molar-refractivity contribution in [3.63, 3.8) is 0 Å². The fourth-order valence-electron chi connectivity index (χ4n) is 2.55. The zero-order valence-corrected chi connectivity index (χ0v) is 16.3. The number of ether oxygens (including phenoxy) is 1. The molecule has 0 aliphatic carbocycles. The molecule has 4 nitrogen and oxygen atoms in total. The molecule has 25 heavy (non-hydrogen) atoms. The predicted octanol–water partition coefficient (Wildman–Crippen LogP) is 4.49. The predicted molar refractivity (Wildman–Crippen MR) is 106 cm³/mol. The van der Waals surface area contributed by atoms with E-state index in [2.05, 4.69) is 28.1 Å². The molecular formula is C19H19BrN2O2S. The number of benzene rings is 2. The minimum absolute atomic E-state index is 0.0139. The molecule has 6 heteroatoms. The van der Waals surface area contributed by atoms with E-state index in [4.69, 9.17) is 9.72 Å². The topological polar surface area (TPSA) is 44.1 Å². The molecular weight excluding hydrogens is 400 g/mol. The van der Waals surface area contributed by atoms with Crippen molar-refractivity contribution in [1.82, 2.24) is 9.55 Å². The van der Waals surface area contributed by atoms with E-state index in [1.807, 2.05) is 36.4 Å². The summed E-state index contributed by atoms with van der Waals surface area (Å²) in [7, 11) is 1.67. The normalized spacial score (nSPS) is 11.1. The Balaban J connectivity index is 1.91. The van der Waals surface area contributed by atoms with Gasteiger partial charge in [0.05, 0.1) is 10.9 Å². The van der Waals surface area contributed by atoms with Crippen molar-refractivity contribution < 1.29 is 4.74 Å². The molecule has 0 aliphatic rings. The van der Waals surface area contributed by atoms with Gasteiger partial charge in [-0.3, -0.25) is 9.36 Å². The van der Waals surface area contributed by atoms with Crippen molar-refractivity contribution in [2.24, 2.45) is 0 Å². The summed E-state index contributed by atoms with van der Waals surface area (Å²) in [5.74, 6) is 0.766. The van der Waals surface area contributed by atoms with Crippen molar-refractivity contribution in [1.29, 1.82) is 0 Å². The van der Waals surface area contributed by atoms with E-state index in [0.29, 0.717) is 18.5 Å². The van der Waals surface area contributed by atoms with Crippen LogP contribution < -0.4 is 5.56 Å². The molecule has 0 bridgehead atoms. The Bertz CT molecular complexity index is 909. The number of methoxy groups -OCH3 is 1. The summed E-state index contributed by atoms with van der Waals surface area (Å²) in [5.41, 5.74) is 1.95. The highest BCUT2D eigenvalue weighted by Gasteiger charge is 2.11. The van der Waals surface area contributed by atoms with Crippen molar-refractivity contribution in [3.05, 3.63) is 68.9 Å². The van der Waals surface area contributed by atoms with Crippen molar-refractivity contribution in [2.45, 2.75) is 23.9 Å². The molecule has 0 fully saturated rings. The maximum Gasteiger partial charge on any atom is 0.262 e. The summed E-state index contributed by atoms with van der Waals surface area (Å²) in [6.07, 6.45) is 0.780. The number of rotatable bonds is 7. The summed E-state index contributed by atoms with van der Waals surface area (Å²) in [5, 5.41) is 1.41. The van der Waals surface area contributed by atoms with E-state index < -0.39 is 0 Å². The van der Waals surface area contributed by atoms with Crippen LogP contribution in [0.3, 0.4) is 0 Å². The second-order valence-corrected chi connectivity index (χ2v) is 7.49. The molecule has 0 atom stereocenters. The van der Waals surface area contributed by atoms with Crippen LogP contribution in [0.25, 0.3) is 10.9 Å². The molecule has 0 amide bonds. The van der Waals surface area contributed by atoms with Gasteiger partial charge in [0, 0.05) is 30.5 Å². The van der Waals surface area contributed by atoms with E-state index >= 15 is 0 Å². The van der Waals surface area contributed by atoms with E-state index in [-0.39, 0.29) is 5.56 Å². The molecule has 3 aromatic rings. The summed E-state index contributed by atoms with van der Waals surface area (Å²) in [4.78, 5) is 17.6. The van der Waals surface area contributed by atoms with Crippen LogP contribution in [-0.2, 0) is 17.0 Å². The van der Waals surface area contributed by atoms with E-state index in [0.717, 1.165) is 27.3 Å². The van der Waals surface area contributed by atoms with Gasteiger partial charge in [-0.05, 0) is 36.2 Å². The minimum Gasteiger partial charge on any atom is -0.385 e. The molecule has 0 saturated heterocycles. The van der Waals surface area contributed by atoms with Gasteiger partial charge in [0.25, 0.3) is 5.56 Å². The average molecular weight is 419 g/mol. The number of halogens is 1. The Morgan fingerprint density at radius 2 is 1.92 bits per heavy atom. The van der Waals surface area contributed by atoms with Gasteiger partial charge in [-0.25, -0.2) is 4.98 Å². The first kappa shape index (κ1) is 18.2. The first-order valence-corrected chi connectivity index (χ1v) is 9.82. The highest BCUT2D eigenvalue weighted by atomic mass is 79.9. The summed E-state index contributed by atoms with van der Waals surface area (Å²) < 4.78 is 7.95. The Labute approximate surface area is 159 Å². The van der Waals surface area contributed by atoms with Gasteiger partial charge in [0.15, 0.2) is 5.16 Å². The fourth-order valence-corrected chi connectivity index (χ4v) is 3.80. The number of thioether (sulfide) groups is 1. The van der Waals surface area contributed by atoms with Gasteiger partial charge in [-0.15, -0.1) is 0 Å². The lowest BCUT2D eigenvalue weighted by molar-refractivity contribution is 0.189. The molecule has 0 radical (unpaired) electrons. The fraction of sp³-hybridized carbons (Fsp3) is 0.263. The lowest BCUT2D eigenvalue weighted by Crippen LogP contribution is -2.24. The molecule has 2 aromatic carbocycles. The van der Waals surface area contributed by atoms with Crippen LogP contribution in [0.2, 0.25) is 0 Å². The Morgan fingerprint density at radius 3 is 2.68 bits per heavy atom. The zero-order chi connectivity index (χ0) is 17.6. The van der Waals surface area contributed by atoms with Crippen LogP contribution in [0.15, 0.2) is 63.0 Å². The molecule has 1 aromatic heterocycles. The quantitative estimate of drug-likeness (QED) is 0.322. The first-order valence-electron chi connectivity index (χ1n) is 8.05. The van der Waals surface area contributed by atoms with Gasteiger partial charge < -0.3 is 4.74 Å². The highest BCUT2D eigenvalue weighted by molar-refractivity contribution is 9.10. The van der Waals surface area contributed by atoms with Crippen LogP contribution in [0.5, 0.6) is 0 Å². The van der Waals surface area contributed by atoms with E-state index in [1.54, 1.807) is 23.4 Å². The molecule has 0 spiro atoms. The lowest BCUT2D eigenvalue weighted by atomic mass is 10.2. The Hall–Kier alpha value is -1.63. The van der Waals surface area contributed by atoms with Crippen LogP contribution in [0, 0.1) is 0 Å². The number of para-hydroxylation sites is 1. The standard InChI is InChI=1S/C19H19BrN2O2S/c1-24-12-4-11-22-18(23)16-5-2-3-6-17(16)21-19(22)25-13-14-7-9-15(20)10-8-14/h2-3,5-10H,4,11-13H2,1H3. The van der Waals surface area contributed by atoms with E-state index in [1.165, 1.54) is 5.56 Å². The van der Waals surface area contributed by atoms with Gasteiger partial charge in [0.2, 0.25) is 0 Å². The van der Waals surface area contributed by atoms with Crippen LogP contribution in [0.4, 0.5) is 0 Å². The first-order chi connectivity index (χ1) is 12.2. The van der Waals surface area contributed by atoms with Crippen molar-refractivity contribution in [3.8, 4) is 0 Å². The second-order valence-electron chi connectivity index (χ2n) is 5.63. The summed E-state index contributed by atoms with van der Waals surface area (Å²) in [6.45, 7) is 1.23. The molecule has 0 aliphatic heterocycles. The van der Waals surface area contributed by atoms with Gasteiger partial charge in [-0.1, -0.05) is 52.0 Å². The monoisotopic (exact) mass is 418 g/mol. The lowest BCUT2D eigenvalue weighted by Gasteiger charge is -2.13. The molecule has 130 valence electrons. The van der Waals surface area contributed by atoms with E-state index in [9.17, 15) is 4.79 Å². The van der Waals surface area contributed by atoms with Gasteiger partial charge >= 0.3 is 0 Å². The van der Waals surface area contributed by atoms with Crippen molar-refractivity contribution in [2.75, 3.05) is 13.7 Å². The average Bonchev–Trinajstić information content (AvgIpc) is 2.63. The summed E-state index contributed by atoms with van der Waals surface area (Å²) in [6, 6.07) is 15.7. The number of hydrogen-bond donors (Lipinski definition) is 0. The largest absolute Gasteiger partial charge is 0.385 e.